The van der Waals surface area contributed by atoms with Gasteiger partial charge in [0.1, 0.15) is 0 Å². The molecule has 3 rings (SSSR count). The predicted molar refractivity (Wildman–Crippen MR) is 95.8 cm³/mol. The molecular weight excluding hydrogens is 378 g/mol. The molecule has 10 heteroatoms. The van der Waals surface area contributed by atoms with Gasteiger partial charge in [0.05, 0.1) is 31.8 Å². The number of rotatable bonds is 3. The molecule has 26 heavy (non-hydrogen) atoms. The van der Waals surface area contributed by atoms with Crippen LogP contribution >= 0.6 is 0 Å². The van der Waals surface area contributed by atoms with Crippen molar-refractivity contribution in [3.8, 4) is 0 Å². The number of hydrogen-bond donors (Lipinski definition) is 0. The highest BCUT2D eigenvalue weighted by molar-refractivity contribution is 8.03. The fourth-order valence-electron chi connectivity index (χ4n) is 2.55. The lowest BCUT2D eigenvalue weighted by Crippen LogP contribution is -2.43. The summed E-state index contributed by atoms with van der Waals surface area (Å²) >= 11 is 0. The Kier molecular flexibility index (Phi) is 4.89. The first-order chi connectivity index (χ1) is 12.2. The summed E-state index contributed by atoms with van der Waals surface area (Å²) in [6, 6.07) is 7.75. The van der Waals surface area contributed by atoms with Crippen molar-refractivity contribution in [1.82, 2.24) is 10.1 Å². The smallest absolute Gasteiger partial charge is 0.292 e. The summed E-state index contributed by atoms with van der Waals surface area (Å²) in [5.74, 6) is -0.248. The van der Waals surface area contributed by atoms with Crippen LogP contribution in [0.15, 0.2) is 43.5 Å². The molecule has 0 radical (unpaired) electrons. The third-order valence-corrected chi connectivity index (χ3v) is 8.42. The fourth-order valence-corrected chi connectivity index (χ4v) is 6.62. The molecule has 1 saturated heterocycles. The number of aryl methyl sites for hydroxylation is 2. The molecule has 1 fully saturated rings. The molecule has 2 heterocycles. The van der Waals surface area contributed by atoms with Gasteiger partial charge in [0, 0.05) is 19.2 Å². The number of hydrogen-bond acceptors (Lipinski definition) is 6. The molecule has 140 valence electrons. The molecule has 8 nitrogen and oxygen atoms in total. The second-order valence-corrected chi connectivity index (χ2v) is 10.5. The SMILES string of the molecule is Cc1ccc(S(=O)(=O)N=S2(=O)CCN(C(=O)c3cc(C)no3)CC2)cc1. The van der Waals surface area contributed by atoms with Crippen molar-refractivity contribution in [2.45, 2.75) is 18.7 Å². The maximum atomic E-state index is 12.9. The van der Waals surface area contributed by atoms with Crippen molar-refractivity contribution in [2.75, 3.05) is 24.6 Å². The van der Waals surface area contributed by atoms with Gasteiger partial charge in [-0.3, -0.25) is 4.79 Å². The number of amides is 1. The second-order valence-electron chi connectivity index (χ2n) is 6.17. The van der Waals surface area contributed by atoms with E-state index in [9.17, 15) is 17.4 Å². The van der Waals surface area contributed by atoms with Gasteiger partial charge < -0.3 is 9.42 Å². The lowest BCUT2D eigenvalue weighted by atomic mass is 10.2. The lowest BCUT2D eigenvalue weighted by molar-refractivity contribution is 0.0729. The molecule has 0 saturated carbocycles. The molecular formula is C16H19N3O5S2. The number of sulfonamides is 1. The normalized spacial score (nSPS) is 17.1. The van der Waals surface area contributed by atoms with Gasteiger partial charge in [-0.05, 0) is 26.0 Å². The van der Waals surface area contributed by atoms with Crippen LogP contribution in [0.4, 0.5) is 0 Å². The van der Waals surface area contributed by atoms with Gasteiger partial charge >= 0.3 is 0 Å². The zero-order valence-corrected chi connectivity index (χ0v) is 16.0. The minimum atomic E-state index is -4.00. The molecule has 0 N–H and O–H groups in total. The van der Waals surface area contributed by atoms with Crippen molar-refractivity contribution in [2.24, 2.45) is 3.77 Å². The molecule has 1 amide bonds. The van der Waals surface area contributed by atoms with Crippen molar-refractivity contribution < 1.29 is 21.9 Å². The Morgan fingerprint density at radius 1 is 1.19 bits per heavy atom. The molecule has 1 aromatic heterocycles. The quantitative estimate of drug-likeness (QED) is 0.778. The molecule has 1 aliphatic rings. The van der Waals surface area contributed by atoms with Crippen molar-refractivity contribution in [1.29, 1.82) is 0 Å². The van der Waals surface area contributed by atoms with E-state index in [1.807, 2.05) is 6.92 Å². The van der Waals surface area contributed by atoms with E-state index in [4.69, 9.17) is 4.52 Å². The number of carbonyl (C=O) groups is 1. The summed E-state index contributed by atoms with van der Waals surface area (Å²) in [5.41, 5.74) is 1.51. The first-order valence-corrected chi connectivity index (χ1v) is 11.3. The zero-order chi connectivity index (χ0) is 18.9. The van der Waals surface area contributed by atoms with Gasteiger partial charge in [-0.2, -0.15) is 8.42 Å². The first-order valence-electron chi connectivity index (χ1n) is 7.97. The highest BCUT2D eigenvalue weighted by Gasteiger charge is 2.29. The third kappa shape index (κ3) is 3.96. The molecule has 2 aromatic rings. The Morgan fingerprint density at radius 2 is 1.81 bits per heavy atom. The van der Waals surface area contributed by atoms with Crippen LogP contribution in [0.1, 0.15) is 21.8 Å². The van der Waals surface area contributed by atoms with E-state index in [0.29, 0.717) is 5.69 Å². The number of carbonyl (C=O) groups excluding carboxylic acids is 1. The average Bonchev–Trinajstić information content (AvgIpc) is 3.01. The highest BCUT2D eigenvalue weighted by Crippen LogP contribution is 2.18. The van der Waals surface area contributed by atoms with Crippen LogP contribution in [0.3, 0.4) is 0 Å². The van der Waals surface area contributed by atoms with E-state index in [2.05, 4.69) is 8.92 Å². The Bertz CT molecular complexity index is 1030. The van der Waals surface area contributed by atoms with Crippen LogP contribution in [0.2, 0.25) is 0 Å². The summed E-state index contributed by atoms with van der Waals surface area (Å²) < 4.78 is 46.3. The molecule has 0 aliphatic carbocycles. The van der Waals surface area contributed by atoms with E-state index in [0.717, 1.165) is 5.56 Å². The largest absolute Gasteiger partial charge is 0.351 e. The highest BCUT2D eigenvalue weighted by atomic mass is 32.3. The van der Waals surface area contributed by atoms with E-state index in [1.165, 1.54) is 23.1 Å². The number of nitrogens with zero attached hydrogens (tertiary/aromatic N) is 3. The second kappa shape index (κ2) is 6.84. The van der Waals surface area contributed by atoms with Crippen LogP contribution in [0.5, 0.6) is 0 Å². The summed E-state index contributed by atoms with van der Waals surface area (Å²) in [6.07, 6.45) is 0. The van der Waals surface area contributed by atoms with Gasteiger partial charge in [0.25, 0.3) is 15.9 Å². The molecule has 1 aliphatic heterocycles. The van der Waals surface area contributed by atoms with E-state index in [1.54, 1.807) is 19.1 Å². The maximum absolute atomic E-state index is 12.9. The van der Waals surface area contributed by atoms with Crippen LogP contribution < -0.4 is 0 Å². The Balaban J connectivity index is 1.76. The summed E-state index contributed by atoms with van der Waals surface area (Å²) in [5, 5.41) is 3.67. The van der Waals surface area contributed by atoms with Crippen LogP contribution in [0.25, 0.3) is 0 Å². The number of benzene rings is 1. The van der Waals surface area contributed by atoms with E-state index < -0.39 is 19.8 Å². The van der Waals surface area contributed by atoms with Gasteiger partial charge in [-0.1, -0.05) is 22.9 Å². The minimum Gasteiger partial charge on any atom is -0.351 e. The Morgan fingerprint density at radius 3 is 2.35 bits per heavy atom. The van der Waals surface area contributed by atoms with Crippen LogP contribution in [0, 0.1) is 13.8 Å². The molecule has 0 spiro atoms. The molecule has 0 atom stereocenters. The topological polar surface area (TPSA) is 110 Å². The average molecular weight is 397 g/mol. The predicted octanol–water partition coefficient (Wildman–Crippen LogP) is 1.60. The Labute approximate surface area is 152 Å². The van der Waals surface area contributed by atoms with Crippen molar-refractivity contribution in [3.05, 3.63) is 47.3 Å². The molecule has 0 unspecified atom stereocenters. The van der Waals surface area contributed by atoms with Gasteiger partial charge in [0.2, 0.25) is 5.76 Å². The summed E-state index contributed by atoms with van der Waals surface area (Å²) in [4.78, 5) is 13.8. The van der Waals surface area contributed by atoms with Gasteiger partial charge in [0.15, 0.2) is 0 Å². The summed E-state index contributed by atoms with van der Waals surface area (Å²) in [6.45, 7) is 3.84. The lowest BCUT2D eigenvalue weighted by Gasteiger charge is -2.27. The van der Waals surface area contributed by atoms with Crippen molar-refractivity contribution in [3.63, 3.8) is 0 Å². The van der Waals surface area contributed by atoms with E-state index >= 15 is 0 Å². The Hall–Kier alpha value is -2.20. The zero-order valence-electron chi connectivity index (χ0n) is 14.4. The summed E-state index contributed by atoms with van der Waals surface area (Å²) in [7, 11) is -6.96. The monoisotopic (exact) mass is 397 g/mol. The van der Waals surface area contributed by atoms with Gasteiger partial charge in [-0.15, -0.1) is 3.77 Å². The number of aromatic nitrogens is 1. The van der Waals surface area contributed by atoms with Gasteiger partial charge in [-0.25, -0.2) is 4.21 Å². The van der Waals surface area contributed by atoms with Crippen LogP contribution in [-0.4, -0.2) is 53.2 Å². The maximum Gasteiger partial charge on any atom is 0.292 e. The van der Waals surface area contributed by atoms with Crippen molar-refractivity contribution >= 4 is 25.7 Å². The van der Waals surface area contributed by atoms with Crippen LogP contribution in [-0.2, 0) is 19.8 Å². The van der Waals surface area contributed by atoms with E-state index in [-0.39, 0.29) is 41.2 Å². The third-order valence-electron chi connectivity index (χ3n) is 4.04. The fraction of sp³-hybridized carbons (Fsp3) is 0.375. The minimum absolute atomic E-state index is 0.00303. The molecule has 0 bridgehead atoms. The standard InChI is InChI=1S/C16H19N3O5S2/c1-12-3-5-14(6-4-12)26(22,23)18-25(21)9-7-19(8-10-25)16(20)15-11-13(2)17-24-15/h3-6,11H,7-10H2,1-2H3. The first kappa shape index (κ1) is 18.6. The molecule has 1 aromatic carbocycles.